The number of carbonyl (C=O) groups excluding carboxylic acids is 2. The number of nitrogens with one attached hydrogen (secondary N) is 1. The number of anilines is 1. The average molecular weight is 401 g/mol. The lowest BCUT2D eigenvalue weighted by Crippen LogP contribution is -2.54. The molecule has 2 aromatic carbocycles. The molecule has 1 aliphatic rings. The summed E-state index contributed by atoms with van der Waals surface area (Å²) in [6.45, 7) is 6.03. The van der Waals surface area contributed by atoms with Crippen LogP contribution in [0.15, 0.2) is 42.5 Å². The maximum Gasteiger partial charge on any atom is 0.237 e. The van der Waals surface area contributed by atoms with E-state index in [0.29, 0.717) is 44.0 Å². The molecule has 1 N–H and O–H groups in total. The van der Waals surface area contributed by atoms with Crippen LogP contribution in [0.2, 0.25) is 0 Å². The van der Waals surface area contributed by atoms with Crippen LogP contribution >= 0.6 is 0 Å². The van der Waals surface area contributed by atoms with E-state index in [9.17, 15) is 18.4 Å². The minimum Gasteiger partial charge on any atom is -0.367 e. The first kappa shape index (κ1) is 20.9. The van der Waals surface area contributed by atoms with Crippen molar-refractivity contribution in [2.75, 3.05) is 31.1 Å². The van der Waals surface area contributed by atoms with Crippen molar-refractivity contribution < 1.29 is 18.4 Å². The Kier molecular flexibility index (Phi) is 6.59. The number of nitrogens with zero attached hydrogens (tertiary/aromatic N) is 2. The maximum atomic E-state index is 14.4. The topological polar surface area (TPSA) is 52.7 Å². The van der Waals surface area contributed by atoms with E-state index in [0.717, 1.165) is 5.56 Å². The van der Waals surface area contributed by atoms with Crippen LogP contribution in [-0.2, 0) is 11.3 Å². The molecule has 1 fully saturated rings. The number of rotatable bonds is 6. The first-order valence-electron chi connectivity index (χ1n) is 9.67. The van der Waals surface area contributed by atoms with Crippen molar-refractivity contribution in [3.05, 3.63) is 65.2 Å². The fourth-order valence-corrected chi connectivity index (χ4v) is 3.44. The van der Waals surface area contributed by atoms with E-state index in [1.807, 2.05) is 11.8 Å². The molecular formula is C22H25F2N3O2. The van der Waals surface area contributed by atoms with Crippen LogP contribution in [-0.4, -0.2) is 48.8 Å². The third-order valence-corrected chi connectivity index (χ3v) is 5.32. The van der Waals surface area contributed by atoms with E-state index in [4.69, 9.17) is 0 Å². The van der Waals surface area contributed by atoms with E-state index in [1.54, 1.807) is 24.3 Å². The summed E-state index contributed by atoms with van der Waals surface area (Å²) in [6.07, 6.45) is 0. The zero-order chi connectivity index (χ0) is 21.0. The Labute approximate surface area is 169 Å². The fourth-order valence-electron chi connectivity index (χ4n) is 3.44. The highest BCUT2D eigenvalue weighted by Crippen LogP contribution is 2.22. The number of carbonyl (C=O) groups is 2. The summed E-state index contributed by atoms with van der Waals surface area (Å²) in [5, 5.41) is 2.88. The van der Waals surface area contributed by atoms with E-state index >= 15 is 0 Å². The van der Waals surface area contributed by atoms with Gasteiger partial charge in [0.15, 0.2) is 5.78 Å². The van der Waals surface area contributed by atoms with Crippen molar-refractivity contribution in [3.63, 3.8) is 0 Å². The Morgan fingerprint density at radius 3 is 2.28 bits per heavy atom. The molecule has 0 aromatic heterocycles. The number of ketones is 1. The van der Waals surface area contributed by atoms with Gasteiger partial charge >= 0.3 is 0 Å². The average Bonchev–Trinajstić information content (AvgIpc) is 2.72. The fraction of sp³-hybridized carbons (Fsp3) is 0.364. The van der Waals surface area contributed by atoms with Crippen LogP contribution < -0.4 is 10.2 Å². The van der Waals surface area contributed by atoms with Crippen LogP contribution in [0, 0.1) is 11.6 Å². The molecule has 5 nitrogen and oxygen atoms in total. The predicted octanol–water partition coefficient (Wildman–Crippen LogP) is 2.99. The third-order valence-electron chi connectivity index (χ3n) is 5.32. The Hall–Kier alpha value is -2.80. The summed E-state index contributed by atoms with van der Waals surface area (Å²) < 4.78 is 27.3. The summed E-state index contributed by atoms with van der Waals surface area (Å²) in [6, 6.07) is 10.3. The van der Waals surface area contributed by atoms with E-state index in [2.05, 4.69) is 10.2 Å². The molecule has 1 aliphatic heterocycles. The quantitative estimate of drug-likeness (QED) is 0.756. The molecule has 0 bridgehead atoms. The highest BCUT2D eigenvalue weighted by molar-refractivity contribution is 5.94. The zero-order valence-electron chi connectivity index (χ0n) is 16.6. The van der Waals surface area contributed by atoms with Gasteiger partial charge in [0.05, 0.1) is 11.7 Å². The molecule has 1 unspecified atom stereocenters. The lowest BCUT2D eigenvalue weighted by molar-refractivity contribution is -0.126. The lowest BCUT2D eigenvalue weighted by atomic mass is 10.1. The number of hydrogen-bond donors (Lipinski definition) is 1. The molecule has 0 aliphatic carbocycles. The molecule has 7 heteroatoms. The number of halogens is 2. The number of Topliss-reactive ketones (excluding diaryl/α,β-unsaturated/α-hetero) is 1. The summed E-state index contributed by atoms with van der Waals surface area (Å²) in [5.74, 6) is -0.976. The molecule has 1 heterocycles. The van der Waals surface area contributed by atoms with Gasteiger partial charge in [-0.15, -0.1) is 0 Å². The molecule has 0 saturated carbocycles. The Balaban J connectivity index is 1.52. The van der Waals surface area contributed by atoms with Gasteiger partial charge in [0.25, 0.3) is 0 Å². The summed E-state index contributed by atoms with van der Waals surface area (Å²) in [5.41, 5.74) is 1.67. The smallest absolute Gasteiger partial charge is 0.237 e. The first-order chi connectivity index (χ1) is 13.8. The molecule has 1 saturated heterocycles. The largest absolute Gasteiger partial charge is 0.367 e. The maximum absolute atomic E-state index is 14.4. The minimum absolute atomic E-state index is 0.0974. The molecule has 29 heavy (non-hydrogen) atoms. The zero-order valence-corrected chi connectivity index (χ0v) is 16.6. The van der Waals surface area contributed by atoms with Crippen molar-refractivity contribution in [1.29, 1.82) is 0 Å². The second kappa shape index (κ2) is 9.13. The molecule has 1 amide bonds. The Morgan fingerprint density at radius 2 is 1.69 bits per heavy atom. The molecule has 2 aromatic rings. The van der Waals surface area contributed by atoms with E-state index in [-0.39, 0.29) is 23.5 Å². The summed E-state index contributed by atoms with van der Waals surface area (Å²) in [4.78, 5) is 27.8. The lowest BCUT2D eigenvalue weighted by Gasteiger charge is -2.38. The molecule has 154 valence electrons. The number of hydrogen-bond acceptors (Lipinski definition) is 4. The standard InChI is InChI=1S/C22H25F2N3O2/c1-15(22(29)25-14-17-3-6-19(23)7-4-17)26-9-11-27(12-10-26)21-8-5-18(16(2)28)13-20(21)24/h3-8,13,15H,9-12,14H2,1-2H3,(H,25,29). The van der Waals surface area contributed by atoms with Crippen molar-refractivity contribution >= 4 is 17.4 Å². The number of amides is 1. The van der Waals surface area contributed by atoms with Gasteiger partial charge in [-0.25, -0.2) is 8.78 Å². The normalized spacial score (nSPS) is 15.8. The first-order valence-corrected chi connectivity index (χ1v) is 9.67. The minimum atomic E-state index is -0.406. The molecule has 0 spiro atoms. The predicted molar refractivity (Wildman–Crippen MR) is 108 cm³/mol. The van der Waals surface area contributed by atoms with Crippen molar-refractivity contribution in [1.82, 2.24) is 10.2 Å². The molecular weight excluding hydrogens is 376 g/mol. The van der Waals surface area contributed by atoms with Gasteiger partial charge in [-0.05, 0) is 49.7 Å². The van der Waals surface area contributed by atoms with Crippen LogP contribution in [0.3, 0.4) is 0 Å². The van der Waals surface area contributed by atoms with Gasteiger partial charge in [-0.2, -0.15) is 0 Å². The van der Waals surface area contributed by atoms with E-state index in [1.165, 1.54) is 25.1 Å². The summed E-state index contributed by atoms with van der Waals surface area (Å²) in [7, 11) is 0. The SMILES string of the molecule is CC(=O)c1ccc(N2CCN(C(C)C(=O)NCc3ccc(F)cc3)CC2)c(F)c1. The van der Waals surface area contributed by atoms with E-state index < -0.39 is 5.82 Å². The number of benzene rings is 2. The van der Waals surface area contributed by atoms with Crippen LogP contribution in [0.1, 0.15) is 29.8 Å². The molecule has 3 rings (SSSR count). The third kappa shape index (κ3) is 5.17. The summed E-state index contributed by atoms with van der Waals surface area (Å²) >= 11 is 0. The van der Waals surface area contributed by atoms with Gasteiger partial charge in [-0.3, -0.25) is 14.5 Å². The van der Waals surface area contributed by atoms with Crippen molar-refractivity contribution in [2.24, 2.45) is 0 Å². The number of piperazine rings is 1. The highest BCUT2D eigenvalue weighted by atomic mass is 19.1. The second-order valence-corrected chi connectivity index (χ2v) is 7.27. The van der Waals surface area contributed by atoms with Crippen molar-refractivity contribution in [2.45, 2.75) is 26.4 Å². The molecule has 0 radical (unpaired) electrons. The van der Waals surface area contributed by atoms with Crippen molar-refractivity contribution in [3.8, 4) is 0 Å². The van der Waals surface area contributed by atoms with Gasteiger partial charge in [0.2, 0.25) is 5.91 Å². The van der Waals surface area contributed by atoms with Gasteiger partial charge in [0.1, 0.15) is 11.6 Å². The van der Waals surface area contributed by atoms with Gasteiger partial charge in [-0.1, -0.05) is 12.1 Å². The van der Waals surface area contributed by atoms with Gasteiger partial charge < -0.3 is 10.2 Å². The van der Waals surface area contributed by atoms with Gasteiger partial charge in [0, 0.05) is 38.3 Å². The molecule has 1 atom stereocenters. The Bertz CT molecular complexity index is 878. The van der Waals surface area contributed by atoms with Crippen LogP contribution in [0.25, 0.3) is 0 Å². The van der Waals surface area contributed by atoms with Crippen LogP contribution in [0.5, 0.6) is 0 Å². The van der Waals surface area contributed by atoms with Crippen LogP contribution in [0.4, 0.5) is 14.5 Å². The highest BCUT2D eigenvalue weighted by Gasteiger charge is 2.26. The second-order valence-electron chi connectivity index (χ2n) is 7.27. The monoisotopic (exact) mass is 401 g/mol. The Morgan fingerprint density at radius 1 is 1.03 bits per heavy atom.